The van der Waals surface area contributed by atoms with Crippen molar-refractivity contribution in [3.63, 3.8) is 0 Å². The van der Waals surface area contributed by atoms with E-state index < -0.39 is 6.10 Å². The van der Waals surface area contributed by atoms with Crippen LogP contribution in [0.5, 0.6) is 0 Å². The zero-order chi connectivity index (χ0) is 13.1. The number of ketones is 1. The molecule has 3 heteroatoms. The van der Waals surface area contributed by atoms with Crippen molar-refractivity contribution in [3.8, 4) is 0 Å². The summed E-state index contributed by atoms with van der Waals surface area (Å²) >= 11 is 0. The Morgan fingerprint density at radius 3 is 2.89 bits per heavy atom. The van der Waals surface area contributed by atoms with Crippen LogP contribution in [0, 0.1) is 0 Å². The molecule has 0 fully saturated rings. The SMILES string of the molecule is Bc1cccc(C2=CC(O)CC2=O)c1CCC=C. The second-order valence-electron chi connectivity index (χ2n) is 4.70. The number of aliphatic hydroxyl groups is 1. The molecule has 92 valence electrons. The summed E-state index contributed by atoms with van der Waals surface area (Å²) in [5.41, 5.74) is 4.01. The Kier molecular flexibility index (Phi) is 3.82. The van der Waals surface area contributed by atoms with Crippen LogP contribution in [-0.2, 0) is 11.2 Å². The van der Waals surface area contributed by atoms with Crippen molar-refractivity contribution in [2.24, 2.45) is 0 Å². The Morgan fingerprint density at radius 1 is 1.50 bits per heavy atom. The van der Waals surface area contributed by atoms with Gasteiger partial charge in [0.15, 0.2) is 5.78 Å². The first kappa shape index (κ1) is 12.8. The Labute approximate surface area is 108 Å². The van der Waals surface area contributed by atoms with Gasteiger partial charge in [-0.05, 0) is 30.0 Å². The number of carbonyl (C=O) groups excluding carboxylic acids is 1. The maximum Gasteiger partial charge on any atom is 0.166 e. The van der Waals surface area contributed by atoms with Crippen molar-refractivity contribution >= 4 is 24.7 Å². The minimum Gasteiger partial charge on any atom is -0.389 e. The monoisotopic (exact) mass is 240 g/mol. The molecule has 0 bridgehead atoms. The minimum atomic E-state index is -0.625. The quantitative estimate of drug-likeness (QED) is 0.623. The van der Waals surface area contributed by atoms with Crippen LogP contribution in [0.25, 0.3) is 5.57 Å². The minimum absolute atomic E-state index is 0.0351. The van der Waals surface area contributed by atoms with E-state index in [0.717, 1.165) is 18.4 Å². The summed E-state index contributed by atoms with van der Waals surface area (Å²) in [5.74, 6) is 0.0351. The first-order chi connectivity index (χ1) is 8.63. The molecule has 1 unspecified atom stereocenters. The van der Waals surface area contributed by atoms with Gasteiger partial charge in [0, 0.05) is 12.0 Å². The lowest BCUT2D eigenvalue weighted by Gasteiger charge is -2.12. The second-order valence-corrected chi connectivity index (χ2v) is 4.70. The maximum absolute atomic E-state index is 11.9. The average molecular weight is 240 g/mol. The molecule has 1 aliphatic carbocycles. The van der Waals surface area contributed by atoms with Gasteiger partial charge in [-0.2, -0.15) is 0 Å². The number of rotatable bonds is 4. The molecule has 2 nitrogen and oxygen atoms in total. The van der Waals surface area contributed by atoms with E-state index in [1.54, 1.807) is 6.08 Å². The number of Topliss-reactive ketones (excluding diaryl/α,β-unsaturated/α-hetero) is 1. The van der Waals surface area contributed by atoms with E-state index in [9.17, 15) is 9.90 Å². The first-order valence-corrected chi connectivity index (χ1v) is 6.26. The third-order valence-electron chi connectivity index (χ3n) is 3.35. The molecule has 0 saturated carbocycles. The first-order valence-electron chi connectivity index (χ1n) is 6.26. The van der Waals surface area contributed by atoms with Gasteiger partial charge in [-0.3, -0.25) is 4.79 Å². The van der Waals surface area contributed by atoms with E-state index in [0.29, 0.717) is 5.57 Å². The molecule has 18 heavy (non-hydrogen) atoms. The molecular formula is C15H17BO2. The smallest absolute Gasteiger partial charge is 0.166 e. The number of hydrogen-bond donors (Lipinski definition) is 1. The Hall–Kier alpha value is -1.61. The van der Waals surface area contributed by atoms with Crippen LogP contribution in [0.1, 0.15) is 24.0 Å². The van der Waals surface area contributed by atoms with Crippen molar-refractivity contribution in [2.45, 2.75) is 25.4 Å². The number of allylic oxidation sites excluding steroid dienone is 2. The Morgan fingerprint density at radius 2 is 2.28 bits per heavy atom. The molecule has 0 aromatic heterocycles. The molecule has 0 radical (unpaired) electrons. The molecule has 1 aromatic rings. The molecular weight excluding hydrogens is 223 g/mol. The van der Waals surface area contributed by atoms with E-state index in [-0.39, 0.29) is 12.2 Å². The van der Waals surface area contributed by atoms with Crippen molar-refractivity contribution in [1.82, 2.24) is 0 Å². The third-order valence-corrected chi connectivity index (χ3v) is 3.35. The largest absolute Gasteiger partial charge is 0.389 e. The fourth-order valence-electron chi connectivity index (χ4n) is 2.42. The zero-order valence-corrected chi connectivity index (χ0v) is 10.6. The highest BCUT2D eigenvalue weighted by atomic mass is 16.3. The molecule has 1 aliphatic rings. The van der Waals surface area contributed by atoms with Crippen molar-refractivity contribution in [1.29, 1.82) is 0 Å². The molecule has 0 spiro atoms. The van der Waals surface area contributed by atoms with Crippen LogP contribution in [0.2, 0.25) is 0 Å². The van der Waals surface area contributed by atoms with E-state index in [1.807, 2.05) is 18.2 Å². The zero-order valence-electron chi connectivity index (χ0n) is 10.6. The summed E-state index contributed by atoms with van der Waals surface area (Å²) in [6.45, 7) is 3.74. The Bertz CT molecular complexity index is 517. The number of carbonyl (C=O) groups is 1. The lowest BCUT2D eigenvalue weighted by molar-refractivity contribution is -0.114. The summed E-state index contributed by atoms with van der Waals surface area (Å²) in [6, 6.07) is 5.98. The fraction of sp³-hybridized carbons (Fsp3) is 0.267. The van der Waals surface area contributed by atoms with Gasteiger partial charge in [-0.25, -0.2) is 0 Å². The summed E-state index contributed by atoms with van der Waals surface area (Å²) in [4.78, 5) is 11.9. The van der Waals surface area contributed by atoms with Gasteiger partial charge < -0.3 is 5.11 Å². The highest BCUT2D eigenvalue weighted by Gasteiger charge is 2.25. The van der Waals surface area contributed by atoms with Crippen LogP contribution in [-0.4, -0.2) is 24.8 Å². The number of hydrogen-bond acceptors (Lipinski definition) is 2. The predicted octanol–water partition coefficient (Wildman–Crippen LogP) is 0.781. The fourth-order valence-corrected chi connectivity index (χ4v) is 2.42. The molecule has 0 aliphatic heterocycles. The molecule has 2 rings (SSSR count). The average Bonchev–Trinajstić information content (AvgIpc) is 2.66. The molecule has 1 N–H and O–H groups in total. The molecule has 1 atom stereocenters. The molecule has 1 aromatic carbocycles. The van der Waals surface area contributed by atoms with Gasteiger partial charge in [0.25, 0.3) is 0 Å². The maximum atomic E-state index is 11.9. The van der Waals surface area contributed by atoms with Crippen molar-refractivity contribution in [2.75, 3.05) is 0 Å². The summed E-state index contributed by atoms with van der Waals surface area (Å²) in [6.07, 6.45) is 4.92. The molecule has 0 saturated heterocycles. The van der Waals surface area contributed by atoms with Crippen LogP contribution in [0.15, 0.2) is 36.9 Å². The number of aliphatic hydroxyl groups excluding tert-OH is 1. The molecule has 0 heterocycles. The highest BCUT2D eigenvalue weighted by Crippen LogP contribution is 2.27. The van der Waals surface area contributed by atoms with E-state index in [1.165, 1.54) is 11.0 Å². The van der Waals surface area contributed by atoms with Crippen molar-refractivity contribution in [3.05, 3.63) is 48.1 Å². The van der Waals surface area contributed by atoms with Crippen LogP contribution in [0.4, 0.5) is 0 Å². The van der Waals surface area contributed by atoms with Crippen LogP contribution < -0.4 is 5.46 Å². The lowest BCUT2D eigenvalue weighted by Crippen LogP contribution is -2.14. The second kappa shape index (κ2) is 5.36. The predicted molar refractivity (Wildman–Crippen MR) is 76.7 cm³/mol. The third kappa shape index (κ3) is 2.46. The van der Waals surface area contributed by atoms with E-state index in [2.05, 4.69) is 20.5 Å². The van der Waals surface area contributed by atoms with Gasteiger partial charge in [0.1, 0.15) is 7.85 Å². The van der Waals surface area contributed by atoms with Crippen LogP contribution in [0.3, 0.4) is 0 Å². The summed E-state index contributed by atoms with van der Waals surface area (Å²) in [7, 11) is 2.05. The van der Waals surface area contributed by atoms with Gasteiger partial charge in [-0.1, -0.05) is 29.7 Å². The van der Waals surface area contributed by atoms with E-state index in [4.69, 9.17) is 0 Å². The van der Waals surface area contributed by atoms with Crippen LogP contribution >= 0.6 is 0 Å². The topological polar surface area (TPSA) is 37.3 Å². The summed E-state index contributed by atoms with van der Waals surface area (Å²) < 4.78 is 0. The Balaban J connectivity index is 2.44. The normalized spacial score (nSPS) is 18.8. The van der Waals surface area contributed by atoms with E-state index >= 15 is 0 Å². The molecule has 0 amide bonds. The van der Waals surface area contributed by atoms with Gasteiger partial charge in [0.2, 0.25) is 0 Å². The highest BCUT2D eigenvalue weighted by molar-refractivity contribution is 6.34. The summed E-state index contributed by atoms with van der Waals surface area (Å²) in [5, 5.41) is 9.55. The van der Waals surface area contributed by atoms with Crippen molar-refractivity contribution < 1.29 is 9.90 Å². The number of benzene rings is 1. The lowest BCUT2D eigenvalue weighted by atomic mass is 9.83. The van der Waals surface area contributed by atoms with Gasteiger partial charge in [-0.15, -0.1) is 6.58 Å². The van der Waals surface area contributed by atoms with Gasteiger partial charge >= 0.3 is 0 Å². The van der Waals surface area contributed by atoms with Gasteiger partial charge in [0.05, 0.1) is 6.10 Å². The standard InChI is InChI=1S/C15H17BO2/c1-2-3-5-12-11(6-4-7-14(12)16)13-8-10(17)9-15(13)18/h2,4,6-8,10,17H,1,3,5,9,16H2.